The van der Waals surface area contributed by atoms with Crippen LogP contribution in [-0.2, 0) is 0 Å². The van der Waals surface area contributed by atoms with Gasteiger partial charge < -0.3 is 0 Å². The summed E-state index contributed by atoms with van der Waals surface area (Å²) in [6, 6.07) is 0. The predicted octanol–water partition coefficient (Wildman–Crippen LogP) is 4.57. The van der Waals surface area contributed by atoms with Crippen LogP contribution in [0.1, 0.15) is 39.0 Å². The van der Waals surface area contributed by atoms with Crippen LogP contribution in [-0.4, -0.2) is 0 Å². The summed E-state index contributed by atoms with van der Waals surface area (Å²) in [5, 5.41) is 0. The van der Waals surface area contributed by atoms with Crippen LogP contribution >= 0.6 is 0 Å². The number of hydrogen-bond acceptors (Lipinski definition) is 0. The molecule has 0 fully saturated rings. The lowest BCUT2D eigenvalue weighted by Gasteiger charge is -2.21. The maximum absolute atomic E-state index is 2.41. The van der Waals surface area contributed by atoms with Gasteiger partial charge in [-0.15, -0.1) is 0 Å². The molecule has 2 aliphatic carbocycles. The van der Waals surface area contributed by atoms with Gasteiger partial charge in [0.2, 0.25) is 0 Å². The van der Waals surface area contributed by atoms with Gasteiger partial charge in [-0.1, -0.05) is 43.4 Å². The average Bonchev–Trinajstić information content (AvgIpc) is 2.33. The Hall–Kier alpha value is -1.04. The highest BCUT2D eigenvalue weighted by Crippen LogP contribution is 2.30. The first-order valence-corrected chi connectivity index (χ1v) is 6.15. The highest BCUT2D eigenvalue weighted by atomic mass is 14.2. The topological polar surface area (TPSA) is 0 Å². The Kier molecular flexibility index (Phi) is 3.60. The van der Waals surface area contributed by atoms with Crippen molar-refractivity contribution in [3.63, 3.8) is 0 Å². The molecule has 0 heteroatoms. The summed E-state index contributed by atoms with van der Waals surface area (Å²) in [4.78, 5) is 0. The van der Waals surface area contributed by atoms with Gasteiger partial charge >= 0.3 is 0 Å². The van der Waals surface area contributed by atoms with Crippen molar-refractivity contribution in [1.82, 2.24) is 0 Å². The van der Waals surface area contributed by atoms with E-state index >= 15 is 0 Å². The zero-order chi connectivity index (χ0) is 10.5. The second-order valence-corrected chi connectivity index (χ2v) is 4.33. The average molecular weight is 200 g/mol. The van der Waals surface area contributed by atoms with Gasteiger partial charge in [0.15, 0.2) is 0 Å². The first-order valence-electron chi connectivity index (χ1n) is 6.15. The number of allylic oxidation sites excluding steroid dienone is 8. The number of hydrogen-bond donors (Lipinski definition) is 0. The molecule has 0 saturated heterocycles. The van der Waals surface area contributed by atoms with Crippen LogP contribution in [0.15, 0.2) is 47.6 Å². The van der Waals surface area contributed by atoms with Crippen LogP contribution in [0, 0.1) is 5.92 Å². The summed E-state index contributed by atoms with van der Waals surface area (Å²) in [5.41, 5.74) is 3.06. The summed E-state index contributed by atoms with van der Waals surface area (Å²) in [5.74, 6) is 0.637. The molecule has 0 saturated carbocycles. The smallest absolute Gasteiger partial charge is 0.00801 e. The highest BCUT2D eigenvalue weighted by molar-refractivity contribution is 5.37. The molecule has 0 bridgehead atoms. The molecule has 0 N–H and O–H groups in total. The lowest BCUT2D eigenvalue weighted by molar-refractivity contribution is 0.696. The van der Waals surface area contributed by atoms with E-state index in [1.807, 2.05) is 0 Å². The highest BCUT2D eigenvalue weighted by Gasteiger charge is 2.15. The van der Waals surface area contributed by atoms with E-state index in [-0.39, 0.29) is 0 Å². The summed E-state index contributed by atoms with van der Waals surface area (Å²) in [6.45, 7) is 2.29. The molecule has 80 valence electrons. The number of rotatable bonds is 3. The molecule has 0 radical (unpaired) electrons. The Labute approximate surface area is 93.1 Å². The molecule has 0 nitrogen and oxygen atoms in total. The van der Waals surface area contributed by atoms with E-state index in [2.05, 4.69) is 43.4 Å². The SMILES string of the molecule is CCC(C1=CCCC=C1)C1=CCCC=C1. The van der Waals surface area contributed by atoms with E-state index in [4.69, 9.17) is 0 Å². The van der Waals surface area contributed by atoms with E-state index < -0.39 is 0 Å². The van der Waals surface area contributed by atoms with Gasteiger partial charge in [-0.05, 0) is 43.3 Å². The largest absolute Gasteiger partial charge is 0.0839 e. The van der Waals surface area contributed by atoms with Crippen LogP contribution in [0.25, 0.3) is 0 Å². The Morgan fingerprint density at radius 1 is 0.933 bits per heavy atom. The van der Waals surface area contributed by atoms with Gasteiger partial charge in [-0.3, -0.25) is 0 Å². The molecule has 2 aliphatic rings. The molecule has 0 heterocycles. The lowest BCUT2D eigenvalue weighted by atomic mass is 9.84. The third-order valence-corrected chi connectivity index (χ3v) is 3.26. The van der Waals surface area contributed by atoms with Crippen LogP contribution in [0.5, 0.6) is 0 Å². The molecular formula is C15H20. The van der Waals surface area contributed by atoms with Gasteiger partial charge in [0.25, 0.3) is 0 Å². The maximum atomic E-state index is 2.41. The fourth-order valence-electron chi connectivity index (χ4n) is 2.45. The van der Waals surface area contributed by atoms with E-state index in [1.54, 1.807) is 0 Å². The maximum Gasteiger partial charge on any atom is 0.00801 e. The molecule has 2 rings (SSSR count). The molecule has 0 amide bonds. The summed E-state index contributed by atoms with van der Waals surface area (Å²) < 4.78 is 0. The normalized spacial score (nSPS) is 20.4. The van der Waals surface area contributed by atoms with Crippen LogP contribution in [0.4, 0.5) is 0 Å². The molecule has 0 spiro atoms. The fourth-order valence-corrected chi connectivity index (χ4v) is 2.45. The molecule has 15 heavy (non-hydrogen) atoms. The lowest BCUT2D eigenvalue weighted by Crippen LogP contribution is -2.06. The van der Waals surface area contributed by atoms with Crippen LogP contribution in [0.3, 0.4) is 0 Å². The quantitative estimate of drug-likeness (QED) is 0.626. The standard InChI is InChI=1S/C15H20/c1-2-15(13-9-5-3-6-10-13)14-11-7-4-8-12-14/h5,7,9-12,15H,2-4,6,8H2,1H3. The van der Waals surface area contributed by atoms with Crippen molar-refractivity contribution in [2.45, 2.75) is 39.0 Å². The Morgan fingerprint density at radius 3 is 1.80 bits per heavy atom. The monoisotopic (exact) mass is 200 g/mol. The van der Waals surface area contributed by atoms with E-state index in [0.29, 0.717) is 5.92 Å². The van der Waals surface area contributed by atoms with Gasteiger partial charge in [0, 0.05) is 5.92 Å². The molecule has 0 aromatic carbocycles. The summed E-state index contributed by atoms with van der Waals surface area (Å²) in [7, 11) is 0. The minimum absolute atomic E-state index is 0.637. The molecule has 0 aromatic rings. The third-order valence-electron chi connectivity index (χ3n) is 3.26. The zero-order valence-electron chi connectivity index (χ0n) is 9.58. The Morgan fingerprint density at radius 2 is 1.47 bits per heavy atom. The van der Waals surface area contributed by atoms with Crippen molar-refractivity contribution in [3.8, 4) is 0 Å². The van der Waals surface area contributed by atoms with Crippen molar-refractivity contribution in [1.29, 1.82) is 0 Å². The molecular weight excluding hydrogens is 180 g/mol. The molecule has 0 aromatic heterocycles. The fraction of sp³-hybridized carbons (Fsp3) is 0.467. The second kappa shape index (κ2) is 5.16. The Balaban J connectivity index is 2.16. The van der Waals surface area contributed by atoms with Crippen molar-refractivity contribution < 1.29 is 0 Å². The molecule has 0 unspecified atom stereocenters. The van der Waals surface area contributed by atoms with Crippen molar-refractivity contribution >= 4 is 0 Å². The second-order valence-electron chi connectivity index (χ2n) is 4.33. The minimum atomic E-state index is 0.637. The summed E-state index contributed by atoms with van der Waals surface area (Å²) >= 11 is 0. The summed E-state index contributed by atoms with van der Waals surface area (Å²) in [6.07, 6.45) is 20.2. The third kappa shape index (κ3) is 2.50. The van der Waals surface area contributed by atoms with E-state index in [9.17, 15) is 0 Å². The van der Waals surface area contributed by atoms with Crippen molar-refractivity contribution in [2.75, 3.05) is 0 Å². The first-order chi connectivity index (χ1) is 7.42. The van der Waals surface area contributed by atoms with E-state index in [0.717, 1.165) is 0 Å². The minimum Gasteiger partial charge on any atom is -0.0839 e. The zero-order valence-corrected chi connectivity index (χ0v) is 9.58. The first kappa shape index (κ1) is 10.5. The van der Waals surface area contributed by atoms with Gasteiger partial charge in [0.05, 0.1) is 0 Å². The van der Waals surface area contributed by atoms with Gasteiger partial charge in [0.1, 0.15) is 0 Å². The van der Waals surface area contributed by atoms with Crippen molar-refractivity contribution in [3.05, 3.63) is 47.6 Å². The van der Waals surface area contributed by atoms with Gasteiger partial charge in [-0.25, -0.2) is 0 Å². The molecule has 0 atom stereocenters. The Bertz CT molecular complexity index is 294. The van der Waals surface area contributed by atoms with Crippen LogP contribution in [0.2, 0.25) is 0 Å². The molecule has 0 aliphatic heterocycles. The van der Waals surface area contributed by atoms with Crippen LogP contribution < -0.4 is 0 Å². The van der Waals surface area contributed by atoms with Gasteiger partial charge in [-0.2, -0.15) is 0 Å². The van der Waals surface area contributed by atoms with Crippen molar-refractivity contribution in [2.24, 2.45) is 5.92 Å². The predicted molar refractivity (Wildman–Crippen MR) is 66.7 cm³/mol. The van der Waals surface area contributed by atoms with E-state index in [1.165, 1.54) is 43.3 Å².